The van der Waals surface area contributed by atoms with Crippen LogP contribution in [0.2, 0.25) is 0 Å². The minimum atomic E-state index is 0.288. The van der Waals surface area contributed by atoms with Gasteiger partial charge in [0.1, 0.15) is 5.75 Å². The fourth-order valence-electron chi connectivity index (χ4n) is 1.29. The van der Waals surface area contributed by atoms with Gasteiger partial charge in [-0.15, -0.1) is 0 Å². The predicted octanol–water partition coefficient (Wildman–Crippen LogP) is 1.74. The fourth-order valence-corrected chi connectivity index (χ4v) is 1.29. The molecular formula is C11H14N2O. The maximum Gasteiger partial charge on any atom is 0.115 e. The molecule has 0 amide bonds. The van der Waals surface area contributed by atoms with Crippen LogP contribution in [0.3, 0.4) is 0 Å². The minimum Gasteiger partial charge on any atom is -0.508 e. The Bertz CT molecular complexity index is 330. The Morgan fingerprint density at radius 2 is 2.29 bits per heavy atom. The van der Waals surface area contributed by atoms with Crippen LogP contribution in [-0.4, -0.2) is 23.6 Å². The van der Waals surface area contributed by atoms with Gasteiger partial charge in [-0.1, -0.05) is 12.1 Å². The summed E-state index contributed by atoms with van der Waals surface area (Å²) in [6.45, 7) is 1.52. The van der Waals surface area contributed by atoms with Crippen molar-refractivity contribution in [3.63, 3.8) is 0 Å². The number of aromatic hydroxyl groups is 1. The second-order valence-corrected chi connectivity index (χ2v) is 3.32. The van der Waals surface area contributed by atoms with E-state index in [4.69, 9.17) is 5.26 Å². The maximum absolute atomic E-state index is 9.23. The first kappa shape index (κ1) is 10.6. The van der Waals surface area contributed by atoms with Crippen molar-refractivity contribution < 1.29 is 5.11 Å². The Hall–Kier alpha value is -1.53. The summed E-state index contributed by atoms with van der Waals surface area (Å²) in [6.07, 6.45) is 0.537. The Morgan fingerprint density at radius 1 is 1.50 bits per heavy atom. The zero-order valence-electron chi connectivity index (χ0n) is 8.27. The largest absolute Gasteiger partial charge is 0.508 e. The van der Waals surface area contributed by atoms with E-state index in [-0.39, 0.29) is 5.75 Å². The molecule has 1 aromatic rings. The summed E-state index contributed by atoms with van der Waals surface area (Å²) < 4.78 is 0. The number of phenolic OH excluding ortho intramolecular Hbond substituents is 1. The van der Waals surface area contributed by atoms with Gasteiger partial charge in [-0.2, -0.15) is 5.26 Å². The molecule has 1 aromatic carbocycles. The van der Waals surface area contributed by atoms with E-state index in [1.807, 2.05) is 19.2 Å². The highest BCUT2D eigenvalue weighted by Crippen LogP contribution is 2.12. The van der Waals surface area contributed by atoms with Crippen LogP contribution in [0, 0.1) is 11.3 Å². The van der Waals surface area contributed by atoms with Crippen molar-refractivity contribution in [2.75, 3.05) is 13.6 Å². The van der Waals surface area contributed by atoms with Crippen molar-refractivity contribution in [2.24, 2.45) is 0 Å². The Morgan fingerprint density at radius 3 is 2.93 bits per heavy atom. The van der Waals surface area contributed by atoms with Crippen molar-refractivity contribution in [3.05, 3.63) is 29.8 Å². The molecule has 0 fully saturated rings. The normalized spacial score (nSPS) is 10.1. The van der Waals surface area contributed by atoms with E-state index in [1.54, 1.807) is 12.1 Å². The van der Waals surface area contributed by atoms with Crippen molar-refractivity contribution in [2.45, 2.75) is 13.0 Å². The summed E-state index contributed by atoms with van der Waals surface area (Å²) in [7, 11) is 1.96. The van der Waals surface area contributed by atoms with Crippen LogP contribution >= 0.6 is 0 Å². The molecule has 0 atom stereocenters. The van der Waals surface area contributed by atoms with E-state index < -0.39 is 0 Å². The van der Waals surface area contributed by atoms with Gasteiger partial charge in [0, 0.05) is 19.5 Å². The summed E-state index contributed by atoms with van der Waals surface area (Å²) >= 11 is 0. The number of benzene rings is 1. The molecule has 1 rings (SSSR count). The number of hydrogen-bond donors (Lipinski definition) is 1. The summed E-state index contributed by atoms with van der Waals surface area (Å²) in [6, 6.07) is 9.28. The van der Waals surface area contributed by atoms with Crippen LogP contribution < -0.4 is 0 Å². The lowest BCUT2D eigenvalue weighted by atomic mass is 10.2. The number of phenols is 1. The summed E-state index contributed by atoms with van der Waals surface area (Å²) in [5, 5.41) is 17.6. The molecule has 0 bridgehead atoms. The molecule has 74 valence electrons. The molecule has 3 heteroatoms. The van der Waals surface area contributed by atoms with Gasteiger partial charge in [-0.05, 0) is 24.7 Å². The summed E-state index contributed by atoms with van der Waals surface area (Å²) in [5.74, 6) is 0.288. The third-order valence-corrected chi connectivity index (χ3v) is 1.97. The molecule has 0 saturated heterocycles. The van der Waals surface area contributed by atoms with Gasteiger partial charge in [-0.3, -0.25) is 0 Å². The lowest BCUT2D eigenvalue weighted by molar-refractivity contribution is 0.334. The molecule has 0 aliphatic heterocycles. The van der Waals surface area contributed by atoms with Gasteiger partial charge in [0.15, 0.2) is 0 Å². The quantitative estimate of drug-likeness (QED) is 0.786. The molecule has 14 heavy (non-hydrogen) atoms. The van der Waals surface area contributed by atoms with Crippen molar-refractivity contribution in [1.82, 2.24) is 4.90 Å². The van der Waals surface area contributed by atoms with E-state index in [0.717, 1.165) is 18.7 Å². The second-order valence-electron chi connectivity index (χ2n) is 3.32. The molecule has 0 spiro atoms. The summed E-state index contributed by atoms with van der Waals surface area (Å²) in [4.78, 5) is 2.05. The second kappa shape index (κ2) is 5.25. The van der Waals surface area contributed by atoms with E-state index in [0.29, 0.717) is 6.42 Å². The Balaban J connectivity index is 2.48. The number of nitrogens with zero attached hydrogens (tertiary/aromatic N) is 2. The topological polar surface area (TPSA) is 47.3 Å². The molecule has 0 radical (unpaired) electrons. The highest BCUT2D eigenvalue weighted by atomic mass is 16.3. The molecule has 3 nitrogen and oxygen atoms in total. The van der Waals surface area contributed by atoms with E-state index in [9.17, 15) is 5.11 Å². The van der Waals surface area contributed by atoms with Gasteiger partial charge in [0.05, 0.1) is 6.07 Å². The zero-order chi connectivity index (χ0) is 10.4. The SMILES string of the molecule is CN(CCC#N)Cc1cccc(O)c1. The van der Waals surface area contributed by atoms with E-state index in [1.165, 1.54) is 0 Å². The first-order valence-corrected chi connectivity index (χ1v) is 4.56. The monoisotopic (exact) mass is 190 g/mol. The third-order valence-electron chi connectivity index (χ3n) is 1.97. The minimum absolute atomic E-state index is 0.288. The van der Waals surface area contributed by atoms with Crippen LogP contribution in [0.5, 0.6) is 5.75 Å². The van der Waals surface area contributed by atoms with Crippen molar-refractivity contribution >= 4 is 0 Å². The van der Waals surface area contributed by atoms with Gasteiger partial charge >= 0.3 is 0 Å². The highest BCUT2D eigenvalue weighted by Gasteiger charge is 2.00. The van der Waals surface area contributed by atoms with Gasteiger partial charge < -0.3 is 10.0 Å². The number of rotatable bonds is 4. The van der Waals surface area contributed by atoms with Crippen molar-refractivity contribution in [1.29, 1.82) is 5.26 Å². The van der Waals surface area contributed by atoms with Gasteiger partial charge in [-0.25, -0.2) is 0 Å². The van der Waals surface area contributed by atoms with E-state index in [2.05, 4.69) is 11.0 Å². The molecule has 0 heterocycles. The molecule has 0 unspecified atom stereocenters. The molecule has 1 N–H and O–H groups in total. The molecule has 0 aliphatic rings. The predicted molar refractivity (Wildman–Crippen MR) is 54.7 cm³/mol. The first-order chi connectivity index (χ1) is 6.72. The maximum atomic E-state index is 9.23. The molecule has 0 saturated carbocycles. The average molecular weight is 190 g/mol. The first-order valence-electron chi connectivity index (χ1n) is 4.56. The zero-order valence-corrected chi connectivity index (χ0v) is 8.27. The van der Waals surface area contributed by atoms with Crippen LogP contribution in [0.1, 0.15) is 12.0 Å². The molecular weight excluding hydrogens is 176 g/mol. The van der Waals surface area contributed by atoms with E-state index >= 15 is 0 Å². The Kier molecular flexibility index (Phi) is 3.96. The van der Waals surface area contributed by atoms with Crippen LogP contribution in [0.15, 0.2) is 24.3 Å². The average Bonchev–Trinajstić information content (AvgIpc) is 2.15. The standard InChI is InChI=1S/C11H14N2O/c1-13(7-3-6-12)9-10-4-2-5-11(14)8-10/h2,4-5,8,14H,3,7,9H2,1H3. The Labute approximate surface area is 84.2 Å². The lowest BCUT2D eigenvalue weighted by Gasteiger charge is -2.14. The molecule has 0 aliphatic carbocycles. The number of hydrogen-bond acceptors (Lipinski definition) is 3. The van der Waals surface area contributed by atoms with Gasteiger partial charge in [0.25, 0.3) is 0 Å². The van der Waals surface area contributed by atoms with Crippen LogP contribution in [0.4, 0.5) is 0 Å². The van der Waals surface area contributed by atoms with Crippen LogP contribution in [0.25, 0.3) is 0 Å². The highest BCUT2D eigenvalue weighted by molar-refractivity contribution is 5.26. The third kappa shape index (κ3) is 3.46. The van der Waals surface area contributed by atoms with Gasteiger partial charge in [0.2, 0.25) is 0 Å². The van der Waals surface area contributed by atoms with Crippen molar-refractivity contribution in [3.8, 4) is 11.8 Å². The van der Waals surface area contributed by atoms with Crippen LogP contribution in [-0.2, 0) is 6.54 Å². The molecule has 0 aromatic heterocycles. The summed E-state index contributed by atoms with van der Waals surface area (Å²) in [5.41, 5.74) is 1.06. The fraction of sp³-hybridized carbons (Fsp3) is 0.364. The smallest absolute Gasteiger partial charge is 0.115 e. The number of nitriles is 1. The lowest BCUT2D eigenvalue weighted by Crippen LogP contribution is -2.18.